The Balaban J connectivity index is 4.30. The first-order chi connectivity index (χ1) is 6.78. The lowest BCUT2D eigenvalue weighted by molar-refractivity contribution is -0.139. The van der Waals surface area contributed by atoms with E-state index in [0.717, 1.165) is 0 Å². The number of hydrogen-bond donors (Lipinski definition) is 3. The number of carboxylic acid groups (broad SMARTS) is 1. The minimum atomic E-state index is -3.62. The number of sulfonamides is 1. The lowest BCUT2D eigenvalue weighted by atomic mass is 10.2. The Labute approximate surface area is 89.4 Å². The van der Waals surface area contributed by atoms with Gasteiger partial charge in [-0.1, -0.05) is 13.8 Å². The van der Waals surface area contributed by atoms with Crippen LogP contribution < -0.4 is 4.72 Å². The number of nitrogens with one attached hydrogen (secondary N) is 1. The average Bonchev–Trinajstić information content (AvgIpc) is 2.11. The van der Waals surface area contributed by atoms with Gasteiger partial charge in [0.1, 0.15) is 6.04 Å². The third-order valence-corrected chi connectivity index (χ3v) is 3.18. The molecular formula is C8H17NO5S. The van der Waals surface area contributed by atoms with E-state index < -0.39 is 28.6 Å². The van der Waals surface area contributed by atoms with Crippen LogP contribution in [-0.2, 0) is 14.8 Å². The Morgan fingerprint density at radius 2 is 1.93 bits per heavy atom. The zero-order valence-corrected chi connectivity index (χ0v) is 9.62. The molecule has 0 rings (SSSR count). The van der Waals surface area contributed by atoms with Crippen molar-refractivity contribution in [2.24, 2.45) is 5.92 Å². The maximum absolute atomic E-state index is 11.3. The summed E-state index contributed by atoms with van der Waals surface area (Å²) < 4.78 is 24.6. The Bertz CT molecular complexity index is 298. The fourth-order valence-electron chi connectivity index (χ4n) is 0.832. The summed E-state index contributed by atoms with van der Waals surface area (Å²) in [5.41, 5.74) is 0. The van der Waals surface area contributed by atoms with Gasteiger partial charge in [-0.2, -0.15) is 4.72 Å². The van der Waals surface area contributed by atoms with E-state index in [2.05, 4.69) is 0 Å². The van der Waals surface area contributed by atoms with Crippen molar-refractivity contribution >= 4 is 16.0 Å². The Hall–Kier alpha value is -0.660. The maximum atomic E-state index is 11.3. The van der Waals surface area contributed by atoms with Gasteiger partial charge in [-0.3, -0.25) is 4.79 Å². The molecule has 0 aromatic heterocycles. The standard InChI is InChI=1S/C8H17NO5S/c1-6(2)3-4-15(13,14)9-7(5-10)8(11)12/h6-7,9-10H,3-5H2,1-2H3,(H,11,12). The van der Waals surface area contributed by atoms with E-state index in [1.807, 2.05) is 18.6 Å². The molecule has 0 amide bonds. The summed E-state index contributed by atoms with van der Waals surface area (Å²) in [5, 5.41) is 17.2. The first-order valence-electron chi connectivity index (χ1n) is 4.62. The number of rotatable bonds is 7. The maximum Gasteiger partial charge on any atom is 0.324 e. The molecule has 0 aromatic carbocycles. The second kappa shape index (κ2) is 6.04. The Kier molecular flexibility index (Phi) is 5.77. The summed E-state index contributed by atoms with van der Waals surface area (Å²) in [4.78, 5) is 10.5. The highest BCUT2D eigenvalue weighted by atomic mass is 32.2. The topological polar surface area (TPSA) is 104 Å². The normalized spacial score (nSPS) is 14.1. The minimum Gasteiger partial charge on any atom is -0.480 e. The van der Waals surface area contributed by atoms with Crippen LogP contribution in [0.15, 0.2) is 0 Å². The van der Waals surface area contributed by atoms with Crippen LogP contribution in [0.5, 0.6) is 0 Å². The van der Waals surface area contributed by atoms with Gasteiger partial charge in [-0.15, -0.1) is 0 Å². The molecule has 0 saturated heterocycles. The average molecular weight is 239 g/mol. The number of carboxylic acids is 1. The van der Waals surface area contributed by atoms with E-state index >= 15 is 0 Å². The van der Waals surface area contributed by atoms with Crippen LogP contribution in [-0.4, -0.2) is 43.0 Å². The first kappa shape index (κ1) is 14.3. The molecule has 90 valence electrons. The lowest BCUT2D eigenvalue weighted by Gasteiger charge is -2.12. The second-order valence-electron chi connectivity index (χ2n) is 3.69. The molecule has 6 nitrogen and oxygen atoms in total. The van der Waals surface area contributed by atoms with Crippen LogP contribution in [0.4, 0.5) is 0 Å². The van der Waals surface area contributed by atoms with Crippen molar-refractivity contribution in [2.45, 2.75) is 26.3 Å². The van der Waals surface area contributed by atoms with E-state index in [0.29, 0.717) is 6.42 Å². The highest BCUT2D eigenvalue weighted by Crippen LogP contribution is 2.02. The molecule has 0 saturated carbocycles. The summed E-state index contributed by atoms with van der Waals surface area (Å²) in [5.74, 6) is -1.29. The third kappa shape index (κ3) is 6.43. The molecule has 0 spiro atoms. The molecule has 0 radical (unpaired) electrons. The monoisotopic (exact) mass is 239 g/mol. The summed E-state index contributed by atoms with van der Waals surface area (Å²) in [6.45, 7) is 2.99. The number of aliphatic hydroxyl groups is 1. The van der Waals surface area contributed by atoms with Crippen LogP contribution in [0.1, 0.15) is 20.3 Å². The molecule has 1 atom stereocenters. The lowest BCUT2D eigenvalue weighted by Crippen LogP contribution is -2.44. The minimum absolute atomic E-state index is 0.131. The largest absolute Gasteiger partial charge is 0.480 e. The summed E-state index contributed by atoms with van der Waals surface area (Å²) in [7, 11) is -3.62. The molecule has 0 aliphatic heterocycles. The van der Waals surface area contributed by atoms with Crippen LogP contribution >= 0.6 is 0 Å². The van der Waals surface area contributed by atoms with Crippen molar-refractivity contribution in [2.75, 3.05) is 12.4 Å². The predicted octanol–water partition coefficient (Wildman–Crippen LogP) is -0.603. The van der Waals surface area contributed by atoms with Gasteiger partial charge in [-0.25, -0.2) is 8.42 Å². The highest BCUT2D eigenvalue weighted by Gasteiger charge is 2.22. The van der Waals surface area contributed by atoms with E-state index in [4.69, 9.17) is 10.2 Å². The van der Waals surface area contributed by atoms with Gasteiger partial charge in [-0.05, 0) is 12.3 Å². The molecule has 3 N–H and O–H groups in total. The fourth-order valence-corrected chi connectivity index (χ4v) is 2.34. The van der Waals surface area contributed by atoms with Crippen molar-refractivity contribution < 1.29 is 23.4 Å². The quantitative estimate of drug-likeness (QED) is 0.550. The van der Waals surface area contributed by atoms with Crippen LogP contribution in [0.2, 0.25) is 0 Å². The van der Waals surface area contributed by atoms with Crippen molar-refractivity contribution in [3.05, 3.63) is 0 Å². The first-order valence-corrected chi connectivity index (χ1v) is 6.27. The molecule has 0 heterocycles. The highest BCUT2D eigenvalue weighted by molar-refractivity contribution is 7.89. The summed E-state index contributed by atoms with van der Waals surface area (Å²) >= 11 is 0. The molecule has 7 heteroatoms. The van der Waals surface area contributed by atoms with E-state index in [1.165, 1.54) is 0 Å². The number of carbonyl (C=O) groups is 1. The van der Waals surface area contributed by atoms with Crippen LogP contribution in [0.3, 0.4) is 0 Å². The molecule has 0 fully saturated rings. The van der Waals surface area contributed by atoms with Gasteiger partial charge in [0.15, 0.2) is 0 Å². The molecule has 15 heavy (non-hydrogen) atoms. The molecule has 1 unspecified atom stereocenters. The molecule has 0 aliphatic rings. The molecule has 0 aliphatic carbocycles. The number of aliphatic hydroxyl groups excluding tert-OH is 1. The molecule has 0 aromatic rings. The van der Waals surface area contributed by atoms with Crippen molar-refractivity contribution in [1.82, 2.24) is 4.72 Å². The van der Waals surface area contributed by atoms with Gasteiger partial charge in [0.05, 0.1) is 12.4 Å². The van der Waals surface area contributed by atoms with Crippen molar-refractivity contribution in [3.8, 4) is 0 Å². The Morgan fingerprint density at radius 1 is 1.40 bits per heavy atom. The van der Waals surface area contributed by atoms with Gasteiger partial charge in [0, 0.05) is 0 Å². The summed E-state index contributed by atoms with van der Waals surface area (Å²) in [6.07, 6.45) is 0.451. The van der Waals surface area contributed by atoms with Gasteiger partial charge < -0.3 is 10.2 Å². The third-order valence-electron chi connectivity index (χ3n) is 1.77. The molecule has 0 bridgehead atoms. The van der Waals surface area contributed by atoms with E-state index in [9.17, 15) is 13.2 Å². The van der Waals surface area contributed by atoms with Crippen molar-refractivity contribution in [3.63, 3.8) is 0 Å². The zero-order valence-electron chi connectivity index (χ0n) is 8.80. The molecular weight excluding hydrogens is 222 g/mol. The van der Waals surface area contributed by atoms with E-state index in [-0.39, 0.29) is 11.7 Å². The van der Waals surface area contributed by atoms with E-state index in [1.54, 1.807) is 0 Å². The Morgan fingerprint density at radius 3 is 2.27 bits per heavy atom. The van der Waals surface area contributed by atoms with Crippen LogP contribution in [0.25, 0.3) is 0 Å². The summed E-state index contributed by atoms with van der Waals surface area (Å²) in [6, 6.07) is -1.46. The fraction of sp³-hybridized carbons (Fsp3) is 0.875. The second-order valence-corrected chi connectivity index (χ2v) is 5.57. The number of aliphatic carboxylic acids is 1. The van der Waals surface area contributed by atoms with Gasteiger partial charge in [0.25, 0.3) is 0 Å². The van der Waals surface area contributed by atoms with Gasteiger partial charge in [0.2, 0.25) is 10.0 Å². The SMILES string of the molecule is CC(C)CCS(=O)(=O)NC(CO)C(=O)O. The smallest absolute Gasteiger partial charge is 0.324 e. The van der Waals surface area contributed by atoms with Crippen molar-refractivity contribution in [1.29, 1.82) is 0 Å². The predicted molar refractivity (Wildman–Crippen MR) is 54.9 cm³/mol. The zero-order chi connectivity index (χ0) is 12.1. The van der Waals surface area contributed by atoms with Gasteiger partial charge >= 0.3 is 5.97 Å². The number of hydrogen-bond acceptors (Lipinski definition) is 4. The van der Waals surface area contributed by atoms with Crippen LogP contribution in [0, 0.1) is 5.92 Å².